The minimum Gasteiger partial charge on any atom is -0.391 e. The number of rotatable bonds is 6. The maximum Gasteiger partial charge on any atom is 0.223 e. The second-order valence-electron chi connectivity index (χ2n) is 6.45. The third-order valence-electron chi connectivity index (χ3n) is 4.72. The second kappa shape index (κ2) is 8.60. The molecule has 0 heterocycles. The summed E-state index contributed by atoms with van der Waals surface area (Å²) in [4.78, 5) is 23.9. The molecule has 132 valence electrons. The molecule has 0 aliphatic heterocycles. The van der Waals surface area contributed by atoms with Gasteiger partial charge in [0.05, 0.1) is 6.10 Å². The summed E-state index contributed by atoms with van der Waals surface area (Å²) < 4.78 is 0. The Morgan fingerprint density at radius 2 is 1.79 bits per heavy atom. The van der Waals surface area contributed by atoms with Crippen LogP contribution in [0.25, 0.3) is 0 Å². The number of hydrogen-bond donors (Lipinski definition) is 3. The van der Waals surface area contributed by atoms with Crippen LogP contribution < -0.4 is 5.32 Å². The van der Waals surface area contributed by atoms with Crippen molar-refractivity contribution >= 4 is 23.3 Å². The zero-order valence-corrected chi connectivity index (χ0v) is 14.5. The van der Waals surface area contributed by atoms with Crippen LogP contribution >= 0.6 is 11.6 Å². The van der Waals surface area contributed by atoms with E-state index < -0.39 is 24.5 Å². The molecule has 0 radical (unpaired) electrons. The summed E-state index contributed by atoms with van der Waals surface area (Å²) in [7, 11) is 0. The Labute approximate surface area is 147 Å². The van der Waals surface area contributed by atoms with Gasteiger partial charge in [0.1, 0.15) is 12.6 Å². The van der Waals surface area contributed by atoms with Crippen molar-refractivity contribution in [1.82, 2.24) is 5.32 Å². The predicted molar refractivity (Wildman–Crippen MR) is 91.9 cm³/mol. The normalized spacial score (nSPS) is 23.3. The van der Waals surface area contributed by atoms with Crippen molar-refractivity contribution in [3.05, 3.63) is 34.9 Å². The van der Waals surface area contributed by atoms with Crippen LogP contribution in [0.1, 0.15) is 44.1 Å². The lowest BCUT2D eigenvalue weighted by molar-refractivity contribution is -0.134. The number of carbonyl (C=O) groups is 2. The summed E-state index contributed by atoms with van der Waals surface area (Å²) in [6, 6.07) is 6.76. The lowest BCUT2D eigenvalue weighted by Crippen LogP contribution is -2.50. The minimum absolute atomic E-state index is 0.165. The molecule has 1 aliphatic rings. The van der Waals surface area contributed by atoms with Gasteiger partial charge in [-0.15, -0.1) is 0 Å². The van der Waals surface area contributed by atoms with Gasteiger partial charge in [-0.05, 0) is 56.2 Å². The van der Waals surface area contributed by atoms with Gasteiger partial charge in [0.15, 0.2) is 5.78 Å². The van der Waals surface area contributed by atoms with Gasteiger partial charge < -0.3 is 15.5 Å². The number of aliphatic hydroxyl groups excluding tert-OH is 2. The van der Waals surface area contributed by atoms with E-state index in [2.05, 4.69) is 5.32 Å². The van der Waals surface area contributed by atoms with Gasteiger partial charge >= 0.3 is 0 Å². The largest absolute Gasteiger partial charge is 0.391 e. The smallest absolute Gasteiger partial charge is 0.223 e. The van der Waals surface area contributed by atoms with Crippen LogP contribution in [0.15, 0.2) is 24.3 Å². The molecular weight excluding hydrogens is 330 g/mol. The Bertz CT molecular complexity index is 565. The van der Waals surface area contributed by atoms with Crippen LogP contribution in [0.2, 0.25) is 5.02 Å². The highest BCUT2D eigenvalue weighted by atomic mass is 35.5. The Hall–Kier alpha value is -1.43. The Balaban J connectivity index is 1.90. The van der Waals surface area contributed by atoms with Crippen LogP contribution in [0.5, 0.6) is 0 Å². The molecule has 0 unspecified atom stereocenters. The molecule has 0 spiro atoms. The highest BCUT2D eigenvalue weighted by Gasteiger charge is 2.31. The number of amides is 1. The number of nitrogens with one attached hydrogen (secondary N) is 1. The standard InChI is InChI=1S/C18H24ClNO4/c1-11(22)17(16(23)10-21)20-18(24)14-4-2-12(3-5-14)13-6-8-15(19)9-7-13/h6-9,11-12,14,17,21-22H,2-5,10H2,1H3,(H,20,24)/t11-,12?,14?,17+/m1/s1. The fourth-order valence-corrected chi connectivity index (χ4v) is 3.39. The first-order valence-corrected chi connectivity index (χ1v) is 8.67. The van der Waals surface area contributed by atoms with Gasteiger partial charge in [-0.1, -0.05) is 23.7 Å². The SMILES string of the molecule is C[C@@H](O)[C@H](NC(=O)C1CCC(c2ccc(Cl)cc2)CC1)C(=O)CO. The highest BCUT2D eigenvalue weighted by molar-refractivity contribution is 6.30. The number of hydrogen-bond acceptors (Lipinski definition) is 4. The van der Waals surface area contributed by atoms with E-state index >= 15 is 0 Å². The number of ketones is 1. The maximum absolute atomic E-state index is 12.3. The number of aliphatic hydroxyl groups is 2. The van der Waals surface area contributed by atoms with E-state index in [-0.39, 0.29) is 11.8 Å². The van der Waals surface area contributed by atoms with Crippen LogP contribution in [0.4, 0.5) is 0 Å². The number of halogens is 1. The van der Waals surface area contributed by atoms with Crippen molar-refractivity contribution in [2.75, 3.05) is 6.61 Å². The molecule has 3 N–H and O–H groups in total. The summed E-state index contributed by atoms with van der Waals surface area (Å²) >= 11 is 5.91. The first-order chi connectivity index (χ1) is 11.4. The van der Waals surface area contributed by atoms with Crippen molar-refractivity contribution in [1.29, 1.82) is 0 Å². The lowest BCUT2D eigenvalue weighted by Gasteiger charge is -2.29. The topological polar surface area (TPSA) is 86.6 Å². The van der Waals surface area contributed by atoms with Crippen LogP contribution in [0, 0.1) is 5.92 Å². The molecule has 1 aliphatic carbocycles. The molecule has 2 rings (SSSR count). The Morgan fingerprint density at radius 1 is 1.21 bits per heavy atom. The Kier molecular flexibility index (Phi) is 6.78. The molecule has 0 bridgehead atoms. The number of Topliss-reactive ketones (excluding diaryl/α,β-unsaturated/α-hetero) is 1. The average molecular weight is 354 g/mol. The monoisotopic (exact) mass is 353 g/mol. The molecule has 2 atom stereocenters. The minimum atomic E-state index is -1.04. The molecule has 1 aromatic rings. The van der Waals surface area contributed by atoms with Gasteiger partial charge in [-0.2, -0.15) is 0 Å². The van der Waals surface area contributed by atoms with Crippen molar-refractivity contribution in [2.24, 2.45) is 5.92 Å². The fraction of sp³-hybridized carbons (Fsp3) is 0.556. The van der Waals surface area contributed by atoms with Crippen molar-refractivity contribution in [3.63, 3.8) is 0 Å². The quantitative estimate of drug-likeness (QED) is 0.730. The summed E-state index contributed by atoms with van der Waals surface area (Å²) in [5.74, 6) is -0.551. The summed E-state index contributed by atoms with van der Waals surface area (Å²) in [5, 5.41) is 21.8. The Morgan fingerprint density at radius 3 is 2.29 bits per heavy atom. The van der Waals surface area contributed by atoms with Crippen molar-refractivity contribution in [2.45, 2.75) is 50.7 Å². The van der Waals surface area contributed by atoms with Gasteiger partial charge in [-0.3, -0.25) is 9.59 Å². The highest BCUT2D eigenvalue weighted by Crippen LogP contribution is 2.36. The molecule has 0 saturated heterocycles. The number of carbonyl (C=O) groups excluding carboxylic acids is 2. The van der Waals surface area contributed by atoms with Gasteiger partial charge in [-0.25, -0.2) is 0 Å². The predicted octanol–water partition coefficient (Wildman–Crippen LogP) is 2.04. The molecular formula is C18H24ClNO4. The first kappa shape index (κ1) is 18.9. The van der Waals surface area contributed by atoms with Crippen LogP contribution in [0.3, 0.4) is 0 Å². The molecule has 24 heavy (non-hydrogen) atoms. The van der Waals surface area contributed by atoms with Crippen molar-refractivity contribution < 1.29 is 19.8 Å². The molecule has 1 aromatic carbocycles. The van der Waals surface area contributed by atoms with Gasteiger partial charge in [0.2, 0.25) is 5.91 Å². The third kappa shape index (κ3) is 4.79. The third-order valence-corrected chi connectivity index (χ3v) is 4.97. The number of benzene rings is 1. The first-order valence-electron chi connectivity index (χ1n) is 8.29. The molecule has 1 fully saturated rings. The van der Waals surface area contributed by atoms with Crippen LogP contribution in [-0.4, -0.2) is 40.7 Å². The van der Waals surface area contributed by atoms with E-state index in [0.29, 0.717) is 10.9 Å². The second-order valence-corrected chi connectivity index (χ2v) is 6.89. The van der Waals surface area contributed by atoms with Gasteiger partial charge in [0.25, 0.3) is 0 Å². The average Bonchev–Trinajstić information content (AvgIpc) is 2.59. The summed E-state index contributed by atoms with van der Waals surface area (Å²) in [6.07, 6.45) is 2.23. The molecule has 6 heteroatoms. The van der Waals surface area contributed by atoms with E-state index in [4.69, 9.17) is 16.7 Å². The van der Waals surface area contributed by atoms with Gasteiger partial charge in [0, 0.05) is 10.9 Å². The zero-order valence-electron chi connectivity index (χ0n) is 13.7. The molecule has 1 amide bonds. The van der Waals surface area contributed by atoms with E-state index in [1.54, 1.807) is 0 Å². The van der Waals surface area contributed by atoms with E-state index in [1.165, 1.54) is 12.5 Å². The van der Waals surface area contributed by atoms with Crippen molar-refractivity contribution in [3.8, 4) is 0 Å². The fourth-order valence-electron chi connectivity index (χ4n) is 3.26. The van der Waals surface area contributed by atoms with E-state index in [9.17, 15) is 14.7 Å². The van der Waals surface area contributed by atoms with E-state index in [1.807, 2.05) is 24.3 Å². The maximum atomic E-state index is 12.3. The molecule has 5 nitrogen and oxygen atoms in total. The summed E-state index contributed by atoms with van der Waals surface area (Å²) in [5.41, 5.74) is 1.23. The molecule has 1 saturated carbocycles. The zero-order chi connectivity index (χ0) is 17.7. The van der Waals surface area contributed by atoms with Crippen LogP contribution in [-0.2, 0) is 9.59 Å². The van der Waals surface area contributed by atoms with E-state index in [0.717, 1.165) is 25.7 Å². The lowest BCUT2D eigenvalue weighted by atomic mass is 9.78. The summed E-state index contributed by atoms with van der Waals surface area (Å²) in [6.45, 7) is 0.731. The molecule has 0 aromatic heterocycles.